The summed E-state index contributed by atoms with van der Waals surface area (Å²) in [6, 6.07) is 5.36. The number of hydrogen-bond acceptors (Lipinski definition) is 4. The maximum Gasteiger partial charge on any atom is 0.412 e. The van der Waals surface area contributed by atoms with Gasteiger partial charge in [0.15, 0.2) is 0 Å². The number of amides is 1. The van der Waals surface area contributed by atoms with Gasteiger partial charge in [-0.25, -0.2) is 4.79 Å². The molecule has 1 aliphatic heterocycles. The van der Waals surface area contributed by atoms with Crippen LogP contribution in [0.15, 0.2) is 18.2 Å². The maximum atomic E-state index is 11.8. The van der Waals surface area contributed by atoms with E-state index >= 15 is 0 Å². The summed E-state index contributed by atoms with van der Waals surface area (Å²) < 4.78 is 11.1. The highest BCUT2D eigenvalue weighted by atomic mass is 16.6. The van der Waals surface area contributed by atoms with Gasteiger partial charge in [0.05, 0.1) is 0 Å². The molecule has 116 valence electrons. The molecule has 1 amide bonds. The molecule has 0 unspecified atom stereocenters. The second-order valence-electron chi connectivity index (χ2n) is 7.05. The first-order valence-electron chi connectivity index (χ1n) is 7.14. The van der Waals surface area contributed by atoms with E-state index in [0.717, 1.165) is 17.7 Å². The number of nitrogens with two attached hydrogens (primary N) is 1. The van der Waals surface area contributed by atoms with Crippen molar-refractivity contribution in [2.45, 2.75) is 58.3 Å². The lowest BCUT2D eigenvalue weighted by atomic mass is 9.90. The third-order valence-electron chi connectivity index (χ3n) is 3.15. The first kappa shape index (κ1) is 15.6. The number of rotatable bonds is 1. The van der Waals surface area contributed by atoms with E-state index in [1.165, 1.54) is 0 Å². The Balaban J connectivity index is 2.15. The van der Waals surface area contributed by atoms with Crippen molar-refractivity contribution in [3.05, 3.63) is 23.8 Å². The SMILES string of the molecule is CC(C)(C)OC(=O)Nc1ccc2c(c1)[C@@H](N)CC(C)(C)O2. The van der Waals surface area contributed by atoms with Crippen LogP contribution in [0, 0.1) is 0 Å². The van der Waals surface area contributed by atoms with Crippen LogP contribution in [0.2, 0.25) is 0 Å². The molecular weight excluding hydrogens is 268 g/mol. The molecule has 0 aliphatic carbocycles. The highest BCUT2D eigenvalue weighted by Crippen LogP contribution is 2.39. The van der Waals surface area contributed by atoms with Crippen molar-refractivity contribution in [3.63, 3.8) is 0 Å². The standard InChI is InChI=1S/C16H24N2O3/c1-15(2,3)21-14(19)18-10-6-7-13-11(8-10)12(17)9-16(4,5)20-13/h6-8,12H,9,17H2,1-5H3,(H,18,19)/t12-/m0/s1. The largest absolute Gasteiger partial charge is 0.487 e. The topological polar surface area (TPSA) is 73.6 Å². The van der Waals surface area contributed by atoms with Crippen LogP contribution in [0.5, 0.6) is 5.75 Å². The van der Waals surface area contributed by atoms with Crippen LogP contribution in [0.4, 0.5) is 10.5 Å². The summed E-state index contributed by atoms with van der Waals surface area (Å²) in [5.41, 5.74) is 6.96. The van der Waals surface area contributed by atoms with Crippen molar-refractivity contribution >= 4 is 11.8 Å². The third-order valence-corrected chi connectivity index (χ3v) is 3.15. The van der Waals surface area contributed by atoms with Crippen molar-refractivity contribution in [3.8, 4) is 5.75 Å². The van der Waals surface area contributed by atoms with Crippen molar-refractivity contribution in [1.29, 1.82) is 0 Å². The van der Waals surface area contributed by atoms with Gasteiger partial charge in [0, 0.05) is 23.7 Å². The van der Waals surface area contributed by atoms with Crippen LogP contribution in [-0.4, -0.2) is 17.3 Å². The first-order valence-corrected chi connectivity index (χ1v) is 7.14. The molecule has 0 spiro atoms. The Morgan fingerprint density at radius 3 is 2.71 bits per heavy atom. The first-order chi connectivity index (χ1) is 9.56. The average molecular weight is 292 g/mol. The van der Waals surface area contributed by atoms with E-state index in [9.17, 15) is 4.79 Å². The molecule has 21 heavy (non-hydrogen) atoms. The number of benzene rings is 1. The van der Waals surface area contributed by atoms with Gasteiger partial charge in [-0.2, -0.15) is 0 Å². The summed E-state index contributed by atoms with van der Waals surface area (Å²) in [5, 5.41) is 2.72. The van der Waals surface area contributed by atoms with E-state index in [1.807, 2.05) is 46.8 Å². The van der Waals surface area contributed by atoms with Gasteiger partial charge in [0.2, 0.25) is 0 Å². The normalized spacial score (nSPS) is 20.2. The summed E-state index contributed by atoms with van der Waals surface area (Å²) in [4.78, 5) is 11.8. The van der Waals surface area contributed by atoms with Crippen LogP contribution in [0.3, 0.4) is 0 Å². The minimum absolute atomic E-state index is 0.107. The van der Waals surface area contributed by atoms with Crippen molar-refractivity contribution in [2.75, 3.05) is 5.32 Å². The average Bonchev–Trinajstić information content (AvgIpc) is 2.26. The van der Waals surface area contributed by atoms with Crippen LogP contribution in [0.25, 0.3) is 0 Å². The molecule has 5 heteroatoms. The minimum atomic E-state index is -0.526. The number of carbonyl (C=O) groups excluding carboxylic acids is 1. The Kier molecular flexibility index (Phi) is 3.89. The van der Waals surface area contributed by atoms with Crippen LogP contribution >= 0.6 is 0 Å². The van der Waals surface area contributed by atoms with Crippen LogP contribution in [0.1, 0.15) is 52.6 Å². The summed E-state index contributed by atoms with van der Waals surface area (Å²) in [6.45, 7) is 9.51. The molecule has 0 saturated carbocycles. The fourth-order valence-corrected chi connectivity index (χ4v) is 2.41. The molecule has 1 aliphatic rings. The molecule has 2 rings (SSSR count). The highest BCUT2D eigenvalue weighted by Gasteiger charge is 2.32. The number of anilines is 1. The second kappa shape index (κ2) is 5.22. The molecule has 0 bridgehead atoms. The Labute approximate surface area is 125 Å². The second-order valence-corrected chi connectivity index (χ2v) is 7.05. The molecule has 0 saturated heterocycles. The quantitative estimate of drug-likeness (QED) is 0.829. The molecule has 1 atom stereocenters. The van der Waals surface area contributed by atoms with E-state index in [1.54, 1.807) is 6.07 Å². The molecule has 3 N–H and O–H groups in total. The Hall–Kier alpha value is -1.75. The summed E-state index contributed by atoms with van der Waals surface area (Å²) in [6.07, 6.45) is 0.253. The highest BCUT2D eigenvalue weighted by molar-refractivity contribution is 5.85. The minimum Gasteiger partial charge on any atom is -0.487 e. The van der Waals surface area contributed by atoms with Gasteiger partial charge in [0.1, 0.15) is 17.0 Å². The van der Waals surface area contributed by atoms with E-state index < -0.39 is 11.7 Å². The molecular formula is C16H24N2O3. The lowest BCUT2D eigenvalue weighted by Gasteiger charge is -2.36. The predicted octanol–water partition coefficient (Wildman–Crippen LogP) is 3.59. The van der Waals surface area contributed by atoms with Crippen molar-refractivity contribution < 1.29 is 14.3 Å². The maximum absolute atomic E-state index is 11.8. The Bertz CT molecular complexity index is 547. The van der Waals surface area contributed by atoms with E-state index in [2.05, 4.69) is 5.32 Å². The van der Waals surface area contributed by atoms with E-state index in [-0.39, 0.29) is 11.6 Å². The summed E-state index contributed by atoms with van der Waals surface area (Å²) >= 11 is 0. The third kappa shape index (κ3) is 4.11. The zero-order valence-corrected chi connectivity index (χ0v) is 13.3. The molecule has 5 nitrogen and oxygen atoms in total. The fourth-order valence-electron chi connectivity index (χ4n) is 2.41. The Morgan fingerprint density at radius 1 is 1.43 bits per heavy atom. The van der Waals surface area contributed by atoms with Gasteiger partial charge in [-0.3, -0.25) is 5.32 Å². The van der Waals surface area contributed by atoms with Gasteiger partial charge in [-0.1, -0.05) is 0 Å². The number of ether oxygens (including phenoxy) is 2. The van der Waals surface area contributed by atoms with Gasteiger partial charge in [-0.05, 0) is 52.8 Å². The molecule has 1 aromatic rings. The lowest BCUT2D eigenvalue weighted by molar-refractivity contribution is 0.0633. The van der Waals surface area contributed by atoms with Gasteiger partial charge >= 0.3 is 6.09 Å². The Morgan fingerprint density at radius 2 is 2.10 bits per heavy atom. The number of carbonyl (C=O) groups is 1. The number of fused-ring (bicyclic) bond motifs is 1. The monoisotopic (exact) mass is 292 g/mol. The fraction of sp³-hybridized carbons (Fsp3) is 0.562. The van der Waals surface area contributed by atoms with Gasteiger partial charge in [0.25, 0.3) is 0 Å². The van der Waals surface area contributed by atoms with Crippen LogP contribution in [-0.2, 0) is 4.74 Å². The van der Waals surface area contributed by atoms with E-state index in [0.29, 0.717) is 5.69 Å². The van der Waals surface area contributed by atoms with Crippen LogP contribution < -0.4 is 15.8 Å². The summed E-state index contributed by atoms with van der Waals surface area (Å²) in [5.74, 6) is 0.772. The molecule has 1 aromatic carbocycles. The lowest BCUT2D eigenvalue weighted by Crippen LogP contribution is -2.37. The zero-order chi connectivity index (χ0) is 15.8. The summed E-state index contributed by atoms with van der Waals surface area (Å²) in [7, 11) is 0. The molecule has 0 fully saturated rings. The van der Waals surface area contributed by atoms with E-state index in [4.69, 9.17) is 15.2 Å². The van der Waals surface area contributed by atoms with Gasteiger partial charge < -0.3 is 15.2 Å². The van der Waals surface area contributed by atoms with Crippen molar-refractivity contribution in [1.82, 2.24) is 0 Å². The molecule has 0 radical (unpaired) electrons. The van der Waals surface area contributed by atoms with Gasteiger partial charge in [-0.15, -0.1) is 0 Å². The zero-order valence-electron chi connectivity index (χ0n) is 13.3. The number of nitrogens with one attached hydrogen (secondary N) is 1. The van der Waals surface area contributed by atoms with Crippen molar-refractivity contribution in [2.24, 2.45) is 5.73 Å². The molecule has 0 aromatic heterocycles. The smallest absolute Gasteiger partial charge is 0.412 e. The number of hydrogen-bond donors (Lipinski definition) is 2. The molecule has 1 heterocycles. The predicted molar refractivity (Wildman–Crippen MR) is 82.6 cm³/mol.